The number of amides is 2. The van der Waals surface area contributed by atoms with Crippen LogP contribution >= 0.6 is 0 Å². The number of benzene rings is 1. The summed E-state index contributed by atoms with van der Waals surface area (Å²) in [6, 6.07) is 6.08. The molecular weight excluding hydrogens is 316 g/mol. The third-order valence-electron chi connectivity index (χ3n) is 4.40. The van der Waals surface area contributed by atoms with Gasteiger partial charge >= 0.3 is 6.03 Å². The van der Waals surface area contributed by atoms with E-state index in [2.05, 4.69) is 38.1 Å². The van der Waals surface area contributed by atoms with Crippen molar-refractivity contribution >= 4 is 22.6 Å². The highest BCUT2D eigenvalue weighted by Gasteiger charge is 2.27. The van der Waals surface area contributed by atoms with E-state index in [4.69, 9.17) is 4.74 Å². The molecule has 0 saturated carbocycles. The van der Waals surface area contributed by atoms with Crippen molar-refractivity contribution in [1.82, 2.24) is 14.7 Å². The van der Waals surface area contributed by atoms with Gasteiger partial charge in [0.2, 0.25) is 0 Å². The minimum atomic E-state index is -0.0637. The first-order chi connectivity index (χ1) is 11.9. The summed E-state index contributed by atoms with van der Waals surface area (Å²) in [7, 11) is 0. The van der Waals surface area contributed by atoms with Gasteiger partial charge in [0.15, 0.2) is 0 Å². The van der Waals surface area contributed by atoms with Gasteiger partial charge < -0.3 is 15.0 Å². The van der Waals surface area contributed by atoms with Crippen LogP contribution in [-0.2, 0) is 4.74 Å². The van der Waals surface area contributed by atoms with Crippen molar-refractivity contribution in [3.8, 4) is 0 Å². The van der Waals surface area contributed by atoms with Crippen molar-refractivity contribution in [3.05, 3.63) is 24.4 Å². The average molecular weight is 344 g/mol. The molecule has 2 aromatic rings. The molecule has 1 saturated heterocycles. The van der Waals surface area contributed by atoms with E-state index in [1.807, 2.05) is 34.0 Å². The van der Waals surface area contributed by atoms with Crippen LogP contribution in [0.4, 0.5) is 10.5 Å². The normalized spacial score (nSPS) is 17.8. The number of urea groups is 1. The fourth-order valence-corrected chi connectivity index (χ4v) is 2.97. The monoisotopic (exact) mass is 344 g/mol. The summed E-state index contributed by atoms with van der Waals surface area (Å²) in [5, 5.41) is 8.56. The van der Waals surface area contributed by atoms with Gasteiger partial charge in [0.1, 0.15) is 0 Å². The molecule has 136 valence electrons. The molecule has 1 aliphatic heterocycles. The fraction of sp³-hybridized carbons (Fsp3) is 0.579. The van der Waals surface area contributed by atoms with Crippen LogP contribution in [0.25, 0.3) is 10.9 Å². The number of aromatic nitrogens is 2. The van der Waals surface area contributed by atoms with Crippen molar-refractivity contribution in [2.75, 3.05) is 25.0 Å². The predicted molar refractivity (Wildman–Crippen MR) is 99.9 cm³/mol. The van der Waals surface area contributed by atoms with Crippen LogP contribution in [0.1, 0.15) is 40.2 Å². The van der Waals surface area contributed by atoms with Crippen LogP contribution in [-0.4, -0.2) is 46.5 Å². The molecule has 1 aliphatic rings. The van der Waals surface area contributed by atoms with Crippen molar-refractivity contribution in [3.63, 3.8) is 0 Å². The number of anilines is 1. The minimum Gasteiger partial charge on any atom is -0.376 e. The quantitative estimate of drug-likeness (QED) is 0.895. The highest BCUT2D eigenvalue weighted by molar-refractivity contribution is 5.92. The molecule has 0 unspecified atom stereocenters. The van der Waals surface area contributed by atoms with Gasteiger partial charge in [0, 0.05) is 43.0 Å². The summed E-state index contributed by atoms with van der Waals surface area (Å²) in [4.78, 5) is 14.3. The summed E-state index contributed by atoms with van der Waals surface area (Å²) in [6.07, 6.45) is 3.07. The first kappa shape index (κ1) is 17.7. The maximum atomic E-state index is 12.5. The van der Waals surface area contributed by atoms with Gasteiger partial charge in [-0.2, -0.15) is 5.10 Å². The Morgan fingerprint density at radius 2 is 2.16 bits per heavy atom. The van der Waals surface area contributed by atoms with E-state index >= 15 is 0 Å². The molecule has 1 aromatic carbocycles. The number of ether oxygens (including phenoxy) is 1. The van der Waals surface area contributed by atoms with Crippen LogP contribution in [0.3, 0.4) is 0 Å². The number of carbonyl (C=O) groups is 1. The molecule has 1 fully saturated rings. The third kappa shape index (κ3) is 4.31. The largest absolute Gasteiger partial charge is 0.376 e. The summed E-state index contributed by atoms with van der Waals surface area (Å²) >= 11 is 0. The minimum absolute atomic E-state index is 0.0637. The molecule has 0 bridgehead atoms. The third-order valence-corrected chi connectivity index (χ3v) is 4.40. The number of likely N-dealkylation sites (tertiary alicyclic amines) is 1. The molecule has 0 spiro atoms. The summed E-state index contributed by atoms with van der Waals surface area (Å²) < 4.78 is 7.78. The smallest absolute Gasteiger partial charge is 0.321 e. The van der Waals surface area contributed by atoms with E-state index in [0.29, 0.717) is 18.5 Å². The topological polar surface area (TPSA) is 59.4 Å². The zero-order valence-electron chi connectivity index (χ0n) is 15.5. The zero-order chi connectivity index (χ0) is 18.0. The Bertz CT molecular complexity index is 738. The van der Waals surface area contributed by atoms with E-state index < -0.39 is 0 Å². The Hall–Kier alpha value is -2.08. The Morgan fingerprint density at radius 3 is 2.88 bits per heavy atom. The van der Waals surface area contributed by atoms with Gasteiger partial charge in [-0.05, 0) is 44.4 Å². The van der Waals surface area contributed by atoms with Gasteiger partial charge in [-0.15, -0.1) is 0 Å². The summed E-state index contributed by atoms with van der Waals surface area (Å²) in [5.41, 5.74) is 1.74. The van der Waals surface area contributed by atoms with Crippen molar-refractivity contribution < 1.29 is 9.53 Å². The van der Waals surface area contributed by atoms with Crippen LogP contribution in [0, 0.1) is 5.92 Å². The number of fused-ring (bicyclic) bond motifs is 1. The lowest BCUT2D eigenvalue weighted by Crippen LogP contribution is -2.34. The van der Waals surface area contributed by atoms with Gasteiger partial charge in [-0.25, -0.2) is 4.79 Å². The van der Waals surface area contributed by atoms with Gasteiger partial charge in [-0.3, -0.25) is 4.68 Å². The van der Waals surface area contributed by atoms with E-state index in [1.165, 1.54) is 0 Å². The predicted octanol–water partition coefficient (Wildman–Crippen LogP) is 3.90. The van der Waals surface area contributed by atoms with Gasteiger partial charge in [0.05, 0.1) is 11.6 Å². The maximum Gasteiger partial charge on any atom is 0.321 e. The van der Waals surface area contributed by atoms with Crippen LogP contribution in [0.5, 0.6) is 0 Å². The van der Waals surface area contributed by atoms with Crippen LogP contribution < -0.4 is 5.32 Å². The number of hydrogen-bond acceptors (Lipinski definition) is 3. The molecule has 0 aliphatic carbocycles. The molecule has 0 radical (unpaired) electrons. The number of nitrogens with one attached hydrogen (secondary N) is 1. The molecule has 25 heavy (non-hydrogen) atoms. The molecule has 6 nitrogen and oxygen atoms in total. The van der Waals surface area contributed by atoms with Crippen molar-refractivity contribution in [1.29, 1.82) is 0 Å². The molecular formula is C19H28N4O2. The standard InChI is InChI=1S/C19H28N4O2/c1-13(2)12-25-17-7-8-22(11-17)19(24)20-16-5-6-18-15(9-16)10-23(21-18)14(3)4/h5-6,9-10,13-14,17H,7-8,11-12H2,1-4H3,(H,20,24)/t17-/m0/s1. The SMILES string of the molecule is CC(C)CO[C@H]1CCN(C(=O)Nc2ccc3nn(C(C)C)cc3c2)C1. The summed E-state index contributed by atoms with van der Waals surface area (Å²) in [5.74, 6) is 0.515. The first-order valence-electron chi connectivity index (χ1n) is 9.09. The molecule has 1 aromatic heterocycles. The number of carbonyl (C=O) groups excluding carboxylic acids is 1. The Kier molecular flexibility index (Phi) is 5.27. The molecule has 2 amide bonds. The van der Waals surface area contributed by atoms with E-state index in [1.54, 1.807) is 0 Å². The molecule has 1 N–H and O–H groups in total. The van der Waals surface area contributed by atoms with E-state index in [0.717, 1.165) is 36.2 Å². The highest BCUT2D eigenvalue weighted by Crippen LogP contribution is 2.21. The second kappa shape index (κ2) is 7.44. The lowest BCUT2D eigenvalue weighted by molar-refractivity contribution is 0.0440. The van der Waals surface area contributed by atoms with E-state index in [9.17, 15) is 4.79 Å². The Labute approximate surface area is 149 Å². The Balaban J connectivity index is 1.60. The van der Waals surface area contributed by atoms with Gasteiger partial charge in [0.25, 0.3) is 0 Å². The lowest BCUT2D eigenvalue weighted by Gasteiger charge is -2.18. The number of rotatable bonds is 5. The number of nitrogens with zero attached hydrogens (tertiary/aromatic N) is 3. The second-order valence-corrected chi connectivity index (χ2v) is 7.49. The van der Waals surface area contributed by atoms with Crippen LogP contribution in [0.15, 0.2) is 24.4 Å². The Morgan fingerprint density at radius 1 is 1.36 bits per heavy atom. The van der Waals surface area contributed by atoms with Crippen molar-refractivity contribution in [2.24, 2.45) is 5.92 Å². The zero-order valence-corrected chi connectivity index (χ0v) is 15.5. The van der Waals surface area contributed by atoms with E-state index in [-0.39, 0.29) is 12.1 Å². The molecule has 1 atom stereocenters. The highest BCUT2D eigenvalue weighted by atomic mass is 16.5. The second-order valence-electron chi connectivity index (χ2n) is 7.49. The molecule has 6 heteroatoms. The van der Waals surface area contributed by atoms with Crippen LogP contribution in [0.2, 0.25) is 0 Å². The average Bonchev–Trinajstić information content (AvgIpc) is 3.19. The number of hydrogen-bond donors (Lipinski definition) is 1. The van der Waals surface area contributed by atoms with Gasteiger partial charge in [-0.1, -0.05) is 13.8 Å². The molecule has 3 rings (SSSR count). The lowest BCUT2D eigenvalue weighted by atomic mass is 10.2. The molecule has 2 heterocycles. The summed E-state index contributed by atoms with van der Waals surface area (Å²) in [6.45, 7) is 10.6. The van der Waals surface area contributed by atoms with Crippen molar-refractivity contribution in [2.45, 2.75) is 46.3 Å². The first-order valence-corrected chi connectivity index (χ1v) is 9.09. The maximum absolute atomic E-state index is 12.5. The fourth-order valence-electron chi connectivity index (χ4n) is 2.97.